The van der Waals surface area contributed by atoms with Gasteiger partial charge in [0.15, 0.2) is 6.04 Å². The summed E-state index contributed by atoms with van der Waals surface area (Å²) in [4.78, 5) is 28.3. The van der Waals surface area contributed by atoms with Crippen molar-refractivity contribution in [3.63, 3.8) is 0 Å². The summed E-state index contributed by atoms with van der Waals surface area (Å²) in [5, 5.41) is 11.1. The smallest absolute Gasteiger partial charge is 0.338 e. The van der Waals surface area contributed by atoms with Gasteiger partial charge in [0.25, 0.3) is 5.69 Å². The van der Waals surface area contributed by atoms with E-state index in [-0.39, 0.29) is 22.7 Å². The predicted molar refractivity (Wildman–Crippen MR) is 123 cm³/mol. The van der Waals surface area contributed by atoms with E-state index < -0.39 is 23.0 Å². The number of ether oxygens (including phenoxy) is 1. The van der Waals surface area contributed by atoms with E-state index >= 15 is 0 Å². The van der Waals surface area contributed by atoms with Gasteiger partial charge in [-0.1, -0.05) is 69.8 Å². The van der Waals surface area contributed by atoms with E-state index in [9.17, 15) is 14.9 Å². The second kappa shape index (κ2) is 8.78. The molecule has 30 heavy (non-hydrogen) atoms. The van der Waals surface area contributed by atoms with Crippen LogP contribution < -0.4 is 0 Å². The normalized spacial score (nSPS) is 17.7. The van der Waals surface area contributed by atoms with Gasteiger partial charge in [0.1, 0.15) is 0 Å². The zero-order valence-electron chi connectivity index (χ0n) is 17.4. The van der Waals surface area contributed by atoms with Crippen LogP contribution in [0, 0.1) is 10.1 Å². The monoisotopic (exact) mass is 444 g/mol. The van der Waals surface area contributed by atoms with Crippen molar-refractivity contribution in [1.82, 2.24) is 0 Å². The van der Waals surface area contributed by atoms with E-state index in [1.807, 2.05) is 30.3 Å². The topological polar surface area (TPSA) is 81.8 Å². The number of esters is 1. The number of nitrogens with zero attached hydrogens (tertiary/aromatic N) is 2. The van der Waals surface area contributed by atoms with E-state index in [2.05, 4.69) is 32.7 Å². The summed E-state index contributed by atoms with van der Waals surface area (Å²) in [6, 6.07) is 12.7. The molecule has 3 rings (SSSR count). The summed E-state index contributed by atoms with van der Waals surface area (Å²) < 4.78 is 5.55. The van der Waals surface area contributed by atoms with Crippen LogP contribution in [0.3, 0.4) is 0 Å². The lowest BCUT2D eigenvalue weighted by Gasteiger charge is -2.39. The summed E-state index contributed by atoms with van der Waals surface area (Å²) in [6.07, 6.45) is 0. The molecule has 1 heterocycles. The molecular formula is C22H25N2O4PS. The van der Waals surface area contributed by atoms with Crippen LogP contribution in [0.25, 0.3) is 0 Å². The van der Waals surface area contributed by atoms with Gasteiger partial charge in [-0.05, 0) is 35.1 Å². The molecule has 0 spiro atoms. The van der Waals surface area contributed by atoms with Crippen LogP contribution in [0.4, 0.5) is 5.69 Å². The fourth-order valence-corrected chi connectivity index (χ4v) is 8.40. The molecular weight excluding hydrogens is 419 g/mol. The number of carbonyl (C=O) groups excluding carboxylic acids is 1. The first kappa shape index (κ1) is 22.3. The Balaban J connectivity index is 2.14. The highest BCUT2D eigenvalue weighted by Crippen LogP contribution is 2.68. The van der Waals surface area contributed by atoms with E-state index in [4.69, 9.17) is 16.5 Å². The number of cyclic esters (lactones) is 1. The van der Waals surface area contributed by atoms with Crippen LogP contribution in [0.2, 0.25) is 0 Å². The Morgan fingerprint density at radius 3 is 2.10 bits per heavy atom. The molecule has 6 nitrogen and oxygen atoms in total. The SMILES string of the molecule is CC(C)P(=S)(C(C)C)C(c1ccc([N+](=O)[O-])cc1)C1N=C(c2ccccc2)OC1=O. The Morgan fingerprint density at radius 1 is 1.03 bits per heavy atom. The molecule has 0 radical (unpaired) electrons. The molecule has 0 bridgehead atoms. The third kappa shape index (κ3) is 4.09. The summed E-state index contributed by atoms with van der Waals surface area (Å²) in [5.74, 6) is -0.126. The van der Waals surface area contributed by atoms with Crippen LogP contribution in [0.5, 0.6) is 0 Å². The van der Waals surface area contributed by atoms with Crippen LogP contribution in [-0.4, -0.2) is 34.2 Å². The highest BCUT2D eigenvalue weighted by Gasteiger charge is 2.46. The summed E-state index contributed by atoms with van der Waals surface area (Å²) in [6.45, 7) is 8.34. The standard InChI is InChI=1S/C22H25N2O4PS/c1-14(2)29(30,15(3)4)20(16-10-12-18(13-11-16)24(26)27)19-22(25)28-21(23-19)17-8-6-5-7-9-17/h5-15,19-20H,1-4H3. The average Bonchev–Trinajstić information content (AvgIpc) is 3.10. The van der Waals surface area contributed by atoms with Gasteiger partial charge in [0.2, 0.25) is 5.90 Å². The molecule has 0 aromatic heterocycles. The lowest BCUT2D eigenvalue weighted by Crippen LogP contribution is -2.28. The number of non-ortho nitro benzene ring substituents is 1. The molecule has 158 valence electrons. The van der Waals surface area contributed by atoms with Gasteiger partial charge in [-0.25, -0.2) is 9.79 Å². The van der Waals surface area contributed by atoms with Gasteiger partial charge in [-0.3, -0.25) is 10.1 Å². The van der Waals surface area contributed by atoms with E-state index in [0.29, 0.717) is 5.90 Å². The highest BCUT2D eigenvalue weighted by atomic mass is 32.4. The molecule has 1 aliphatic rings. The fourth-order valence-electron chi connectivity index (χ4n) is 3.94. The lowest BCUT2D eigenvalue weighted by molar-refractivity contribution is -0.384. The first-order valence-electron chi connectivity index (χ1n) is 9.84. The zero-order valence-corrected chi connectivity index (χ0v) is 19.1. The van der Waals surface area contributed by atoms with Crippen LogP contribution in [0.1, 0.15) is 44.5 Å². The van der Waals surface area contributed by atoms with Crippen molar-refractivity contribution < 1.29 is 14.5 Å². The fraction of sp³-hybridized carbons (Fsp3) is 0.364. The van der Waals surface area contributed by atoms with Crippen molar-refractivity contribution >= 4 is 35.4 Å². The first-order chi connectivity index (χ1) is 14.2. The van der Waals surface area contributed by atoms with E-state index in [1.54, 1.807) is 12.1 Å². The largest absolute Gasteiger partial charge is 0.406 e. The van der Waals surface area contributed by atoms with Gasteiger partial charge < -0.3 is 4.74 Å². The minimum Gasteiger partial charge on any atom is -0.406 e. The zero-order chi connectivity index (χ0) is 22.1. The molecule has 0 fully saturated rings. The lowest BCUT2D eigenvalue weighted by atomic mass is 10.1. The molecule has 2 atom stereocenters. The molecule has 0 amide bonds. The summed E-state index contributed by atoms with van der Waals surface area (Å²) >= 11 is 6.28. The Bertz CT molecular complexity index is 1010. The number of nitro groups is 1. The quantitative estimate of drug-likeness (QED) is 0.250. The molecule has 0 saturated carbocycles. The van der Waals surface area contributed by atoms with Crippen molar-refractivity contribution in [3.05, 3.63) is 75.8 Å². The van der Waals surface area contributed by atoms with Crippen molar-refractivity contribution in [1.29, 1.82) is 0 Å². The van der Waals surface area contributed by atoms with Gasteiger partial charge >= 0.3 is 5.97 Å². The van der Waals surface area contributed by atoms with Crippen LogP contribution >= 0.6 is 6.04 Å². The Labute approximate surface area is 181 Å². The van der Waals surface area contributed by atoms with Gasteiger partial charge in [0.05, 0.1) is 4.92 Å². The van der Waals surface area contributed by atoms with Crippen molar-refractivity contribution in [2.45, 2.75) is 50.7 Å². The molecule has 0 saturated heterocycles. The molecule has 2 aromatic carbocycles. The number of nitro benzene ring substituents is 1. The molecule has 2 unspecified atom stereocenters. The number of carbonyl (C=O) groups is 1. The van der Waals surface area contributed by atoms with Gasteiger partial charge in [-0.15, -0.1) is 0 Å². The third-order valence-electron chi connectivity index (χ3n) is 5.51. The average molecular weight is 444 g/mol. The summed E-state index contributed by atoms with van der Waals surface area (Å²) in [7, 11) is 0. The number of hydrogen-bond acceptors (Lipinski definition) is 6. The maximum atomic E-state index is 13.0. The minimum absolute atomic E-state index is 0.00219. The maximum Gasteiger partial charge on any atom is 0.338 e. The second-order valence-corrected chi connectivity index (χ2v) is 14.0. The Kier molecular flexibility index (Phi) is 6.53. The number of hydrogen-bond donors (Lipinski definition) is 0. The van der Waals surface area contributed by atoms with E-state index in [1.165, 1.54) is 12.1 Å². The molecule has 0 aliphatic carbocycles. The van der Waals surface area contributed by atoms with Crippen LogP contribution in [0.15, 0.2) is 59.6 Å². The predicted octanol–water partition coefficient (Wildman–Crippen LogP) is 5.30. The molecule has 1 aliphatic heterocycles. The van der Waals surface area contributed by atoms with Gasteiger partial charge in [-0.2, -0.15) is 0 Å². The number of rotatable bonds is 7. The van der Waals surface area contributed by atoms with E-state index in [0.717, 1.165) is 11.1 Å². The minimum atomic E-state index is -2.18. The molecule has 0 N–H and O–H groups in total. The maximum absolute atomic E-state index is 13.0. The van der Waals surface area contributed by atoms with Crippen molar-refractivity contribution in [2.75, 3.05) is 0 Å². The second-order valence-electron chi connectivity index (χ2n) is 7.91. The molecule has 8 heteroatoms. The van der Waals surface area contributed by atoms with Crippen molar-refractivity contribution in [2.24, 2.45) is 4.99 Å². The molecule has 2 aromatic rings. The third-order valence-corrected chi connectivity index (χ3v) is 13.4. The van der Waals surface area contributed by atoms with Crippen LogP contribution in [-0.2, 0) is 21.3 Å². The summed E-state index contributed by atoms with van der Waals surface area (Å²) in [5.41, 5.74) is 1.50. The Morgan fingerprint density at radius 2 is 1.60 bits per heavy atom. The van der Waals surface area contributed by atoms with Gasteiger partial charge in [0, 0.05) is 23.4 Å². The van der Waals surface area contributed by atoms with Crippen molar-refractivity contribution in [3.8, 4) is 0 Å². The number of benzene rings is 2. The Hall–Kier alpha value is -2.37. The number of aliphatic imine (C=N–C) groups is 1. The highest BCUT2D eigenvalue weighted by molar-refractivity contribution is 8.15. The first-order valence-corrected chi connectivity index (χ1v) is 12.9.